The Morgan fingerprint density at radius 3 is 1.23 bits per heavy atom. The number of carbonyl (C=O) groups excluding carboxylic acids is 1. The van der Waals surface area contributed by atoms with Crippen LogP contribution in [0.15, 0.2) is 117 Å². The quantitative estimate of drug-likeness (QED) is 0.0602. The number of nitrogens with one attached hydrogen (secondary N) is 4. The van der Waals surface area contributed by atoms with Crippen molar-refractivity contribution < 1.29 is 57.8 Å². The number of aromatic hydroxyl groups is 2. The number of urea groups is 1. The predicted molar refractivity (Wildman–Crippen MR) is 207 cm³/mol. The third kappa shape index (κ3) is 8.17. The number of aryl methyl sites for hydroxylation is 2. The zero-order valence-electron chi connectivity index (χ0n) is 28.8. The average Bonchev–Trinajstić information content (AvgIpc) is 3.11. The summed E-state index contributed by atoms with van der Waals surface area (Å²) in [5.41, 5.74) is 0.0946. The van der Waals surface area contributed by atoms with Gasteiger partial charge in [0.1, 0.15) is 11.5 Å². The number of benzene rings is 6. The van der Waals surface area contributed by atoms with Gasteiger partial charge in [0.2, 0.25) is 0 Å². The maximum Gasteiger partial charge on any atom is 0.323 e. The molecule has 0 aliphatic carbocycles. The smallest absolute Gasteiger partial charge is 0.323 e. The molecule has 6 aromatic rings. The van der Waals surface area contributed by atoms with Crippen LogP contribution in [0.4, 0.5) is 27.5 Å². The van der Waals surface area contributed by atoms with Gasteiger partial charge in [-0.2, -0.15) is 16.8 Å². The zero-order valence-corrected chi connectivity index (χ0v) is 32.1. The Hall–Kier alpha value is -5.97. The standard InChI is InChI=1S/C35H30N4O13S4/c1-19-3-7-23(17-31(19)53(43,44)38-29-13-5-21-15-25(55(47,48)49)9-11-27(21)33(29)40)36-35(42)37-24-8-4-20(2)32(18-24)54(45,46)39-30-14-6-22-16-26(56(50,51)52)10-12-28(22)34(30)41/h3-18,38-41H,1-2H3,(H2,36,37,42)(H,47,48,49)(H,50,51,52). The molecule has 0 saturated carbocycles. The number of carbonyl (C=O) groups is 1. The highest BCUT2D eigenvalue weighted by atomic mass is 32.2. The van der Waals surface area contributed by atoms with E-state index < -0.39 is 67.6 Å². The topological polar surface area (TPSA) is 283 Å². The third-order valence-corrected chi connectivity index (χ3v) is 13.2. The molecule has 0 aromatic heterocycles. The van der Waals surface area contributed by atoms with Crippen molar-refractivity contribution in [2.45, 2.75) is 33.4 Å². The molecule has 0 spiro atoms. The number of hydrogen-bond donors (Lipinski definition) is 8. The van der Waals surface area contributed by atoms with Crippen molar-refractivity contribution in [2.75, 3.05) is 20.1 Å². The third-order valence-electron chi connectivity index (χ3n) is 8.48. The van der Waals surface area contributed by atoms with E-state index in [4.69, 9.17) is 0 Å². The minimum absolute atomic E-state index is 0.0195. The van der Waals surface area contributed by atoms with Crippen LogP contribution in [0.3, 0.4) is 0 Å². The lowest BCUT2D eigenvalue weighted by molar-refractivity contribution is 0.262. The fourth-order valence-corrected chi connectivity index (χ4v) is 9.40. The number of sulfonamides is 2. The highest BCUT2D eigenvalue weighted by molar-refractivity contribution is 7.93. The van der Waals surface area contributed by atoms with E-state index in [9.17, 15) is 57.8 Å². The van der Waals surface area contributed by atoms with Gasteiger partial charge in [-0.25, -0.2) is 21.6 Å². The number of anilines is 4. The van der Waals surface area contributed by atoms with E-state index in [0.29, 0.717) is 0 Å². The fraction of sp³-hybridized carbons (Fsp3) is 0.0571. The van der Waals surface area contributed by atoms with E-state index in [0.717, 1.165) is 36.4 Å². The van der Waals surface area contributed by atoms with Gasteiger partial charge in [-0.3, -0.25) is 18.5 Å². The van der Waals surface area contributed by atoms with Gasteiger partial charge in [0, 0.05) is 22.1 Å². The molecule has 6 aromatic carbocycles. The van der Waals surface area contributed by atoms with Crippen molar-refractivity contribution in [3.8, 4) is 11.5 Å². The van der Waals surface area contributed by atoms with Crippen molar-refractivity contribution in [1.29, 1.82) is 0 Å². The van der Waals surface area contributed by atoms with E-state index in [1.165, 1.54) is 74.5 Å². The lowest BCUT2D eigenvalue weighted by Gasteiger charge is -2.16. The summed E-state index contributed by atoms with van der Waals surface area (Å²) < 4.78 is 123. The summed E-state index contributed by atoms with van der Waals surface area (Å²) in [5, 5.41) is 27.2. The molecule has 6 rings (SSSR count). The maximum atomic E-state index is 13.5. The van der Waals surface area contributed by atoms with Gasteiger partial charge in [0.15, 0.2) is 0 Å². The fourth-order valence-electron chi connectivity index (χ4n) is 5.70. The van der Waals surface area contributed by atoms with Crippen molar-refractivity contribution in [3.63, 3.8) is 0 Å². The number of rotatable bonds is 10. The molecule has 0 heterocycles. The molecule has 2 amide bonds. The monoisotopic (exact) mass is 842 g/mol. The number of phenols is 2. The first-order valence-electron chi connectivity index (χ1n) is 15.8. The van der Waals surface area contributed by atoms with Crippen LogP contribution in [0.1, 0.15) is 11.1 Å². The lowest BCUT2D eigenvalue weighted by atomic mass is 10.1. The summed E-state index contributed by atoms with van der Waals surface area (Å²) in [6.07, 6.45) is 0. The molecule has 0 aliphatic heterocycles. The molecule has 0 radical (unpaired) electrons. The van der Waals surface area contributed by atoms with Crippen molar-refractivity contribution >= 4 is 90.6 Å². The molecule has 292 valence electrons. The average molecular weight is 843 g/mol. The summed E-state index contributed by atoms with van der Waals surface area (Å²) >= 11 is 0. The van der Waals surface area contributed by atoms with Crippen LogP contribution in [0.5, 0.6) is 11.5 Å². The minimum atomic E-state index is -4.53. The molecule has 0 bridgehead atoms. The molecular formula is C35H30N4O13S4. The van der Waals surface area contributed by atoms with Gasteiger partial charge in [-0.05, 0) is 109 Å². The molecule has 56 heavy (non-hydrogen) atoms. The first kappa shape index (κ1) is 39.7. The first-order valence-corrected chi connectivity index (χ1v) is 21.7. The van der Waals surface area contributed by atoms with Crippen molar-refractivity contribution in [2.24, 2.45) is 0 Å². The minimum Gasteiger partial charge on any atom is -0.505 e. The number of phenolic OH excluding ortho intramolecular Hbond substituents is 2. The van der Waals surface area contributed by atoms with Crippen LogP contribution in [0.25, 0.3) is 21.5 Å². The predicted octanol–water partition coefficient (Wildman–Crippen LogP) is 5.76. The summed E-state index contributed by atoms with van der Waals surface area (Å²) in [6.45, 7) is 2.99. The Kier molecular flexibility index (Phi) is 10.1. The van der Waals surface area contributed by atoms with Crippen LogP contribution in [-0.4, -0.2) is 59.0 Å². The van der Waals surface area contributed by atoms with Gasteiger partial charge in [-0.15, -0.1) is 0 Å². The SMILES string of the molecule is Cc1ccc(NC(=O)Nc2ccc(C)c(S(=O)(=O)Nc3ccc4cc(S(=O)(=O)O)ccc4c3O)c2)cc1S(=O)(=O)Nc1ccc2cc(S(=O)(=O)O)ccc2c1O. The number of hydrogen-bond acceptors (Lipinski definition) is 11. The Morgan fingerprint density at radius 2 is 0.875 bits per heavy atom. The molecule has 8 N–H and O–H groups in total. The Labute approximate surface area is 320 Å². The molecule has 21 heteroatoms. The van der Waals surface area contributed by atoms with Crippen LogP contribution in [0, 0.1) is 13.8 Å². The second-order valence-electron chi connectivity index (χ2n) is 12.4. The highest BCUT2D eigenvalue weighted by Crippen LogP contribution is 2.37. The zero-order chi connectivity index (χ0) is 41.0. The summed E-state index contributed by atoms with van der Waals surface area (Å²) in [4.78, 5) is 11.6. The van der Waals surface area contributed by atoms with Gasteiger partial charge < -0.3 is 20.8 Å². The molecule has 0 aliphatic rings. The van der Waals surface area contributed by atoms with E-state index in [-0.39, 0.29) is 65.2 Å². The van der Waals surface area contributed by atoms with Crippen molar-refractivity contribution in [1.82, 2.24) is 0 Å². The van der Waals surface area contributed by atoms with E-state index >= 15 is 0 Å². The Balaban J connectivity index is 1.19. The second-order valence-corrected chi connectivity index (χ2v) is 18.5. The van der Waals surface area contributed by atoms with Gasteiger partial charge >= 0.3 is 6.03 Å². The molecule has 0 saturated heterocycles. The summed E-state index contributed by atoms with van der Waals surface area (Å²) in [7, 11) is -17.9. The maximum absolute atomic E-state index is 13.5. The van der Waals surface area contributed by atoms with Gasteiger partial charge in [0.25, 0.3) is 40.3 Å². The van der Waals surface area contributed by atoms with Crippen LogP contribution < -0.4 is 20.1 Å². The van der Waals surface area contributed by atoms with Crippen molar-refractivity contribution in [3.05, 3.63) is 108 Å². The second kappa shape index (κ2) is 14.3. The summed E-state index contributed by atoms with van der Waals surface area (Å²) in [5.74, 6) is -1.03. The van der Waals surface area contributed by atoms with E-state index in [1.807, 2.05) is 0 Å². The summed E-state index contributed by atoms with van der Waals surface area (Å²) in [6, 6.07) is 18.9. The largest absolute Gasteiger partial charge is 0.505 e. The lowest BCUT2D eigenvalue weighted by Crippen LogP contribution is -2.21. The van der Waals surface area contributed by atoms with Crippen LogP contribution >= 0.6 is 0 Å². The van der Waals surface area contributed by atoms with Crippen LogP contribution in [-0.2, 0) is 40.3 Å². The molecule has 0 unspecified atom stereocenters. The van der Waals surface area contributed by atoms with Gasteiger partial charge in [0.05, 0.1) is 31.0 Å². The highest BCUT2D eigenvalue weighted by Gasteiger charge is 2.23. The Morgan fingerprint density at radius 1 is 0.500 bits per heavy atom. The molecular weight excluding hydrogens is 813 g/mol. The Bertz CT molecular complexity index is 2880. The molecule has 17 nitrogen and oxygen atoms in total. The first-order chi connectivity index (χ1) is 26.0. The number of amides is 2. The normalized spacial score (nSPS) is 12.4. The van der Waals surface area contributed by atoms with E-state index in [2.05, 4.69) is 20.1 Å². The van der Waals surface area contributed by atoms with Gasteiger partial charge in [-0.1, -0.05) is 24.3 Å². The number of fused-ring (bicyclic) bond motifs is 2. The molecule has 0 fully saturated rings. The van der Waals surface area contributed by atoms with Crippen LogP contribution in [0.2, 0.25) is 0 Å². The molecule has 0 atom stereocenters. The van der Waals surface area contributed by atoms with E-state index in [1.54, 1.807) is 0 Å².